The zero-order chi connectivity index (χ0) is 15.1. The Morgan fingerprint density at radius 2 is 1.40 bits per heavy atom. The molecule has 0 aliphatic heterocycles. The average molecular weight is 284 g/mol. The minimum absolute atomic E-state index is 0.242. The Kier molecular flexibility index (Phi) is 14.3. The summed E-state index contributed by atoms with van der Waals surface area (Å²) in [7, 11) is 0. The second-order valence-electron chi connectivity index (χ2n) is 5.42. The summed E-state index contributed by atoms with van der Waals surface area (Å²) in [5, 5.41) is 27.4. The van der Waals surface area contributed by atoms with Crippen molar-refractivity contribution in [1.82, 2.24) is 0 Å². The van der Waals surface area contributed by atoms with Crippen LogP contribution >= 0.6 is 0 Å². The Labute approximate surface area is 124 Å². The van der Waals surface area contributed by atoms with Crippen LogP contribution in [0.1, 0.15) is 64.2 Å². The maximum Gasteiger partial charge on any atom is 0.0795 e. The van der Waals surface area contributed by atoms with Gasteiger partial charge in [0.05, 0.1) is 18.8 Å². The van der Waals surface area contributed by atoms with Crippen LogP contribution in [-0.4, -0.2) is 34.1 Å². The Hall–Kier alpha value is -0.640. The van der Waals surface area contributed by atoms with E-state index < -0.39 is 12.2 Å². The van der Waals surface area contributed by atoms with Gasteiger partial charge in [-0.15, -0.1) is 6.58 Å². The molecule has 0 aromatic carbocycles. The number of rotatable bonds is 14. The molecule has 3 nitrogen and oxygen atoms in total. The zero-order valence-electron chi connectivity index (χ0n) is 12.7. The Morgan fingerprint density at radius 3 is 2.00 bits per heavy atom. The molecule has 3 N–H and O–H groups in total. The standard InChI is InChI=1S/C17H32O3/c1-2-3-4-5-6-7-8-9-10-11-12-13-16(19)14-17(20)15-18/h2,11-12,16-20H,1,3-10,13-15H2/b12-11+/t16-,17+/m0/s1. The molecule has 0 saturated heterocycles. The summed E-state index contributed by atoms with van der Waals surface area (Å²) in [6.07, 6.45) is 15.3. The van der Waals surface area contributed by atoms with Gasteiger partial charge in [-0.2, -0.15) is 0 Å². The summed E-state index contributed by atoms with van der Waals surface area (Å²) >= 11 is 0. The number of unbranched alkanes of at least 4 members (excludes halogenated alkanes) is 7. The van der Waals surface area contributed by atoms with Crippen LogP contribution < -0.4 is 0 Å². The third-order valence-corrected chi connectivity index (χ3v) is 3.36. The van der Waals surface area contributed by atoms with Gasteiger partial charge in [-0.1, -0.05) is 43.9 Å². The highest BCUT2D eigenvalue weighted by Crippen LogP contribution is 2.09. The highest BCUT2D eigenvalue weighted by Gasteiger charge is 2.08. The minimum atomic E-state index is -0.806. The molecule has 0 aromatic heterocycles. The predicted molar refractivity (Wildman–Crippen MR) is 84.6 cm³/mol. The first-order chi connectivity index (χ1) is 9.70. The summed E-state index contributed by atoms with van der Waals surface area (Å²) in [6.45, 7) is 3.43. The van der Waals surface area contributed by atoms with Crippen LogP contribution in [0, 0.1) is 0 Å². The number of allylic oxidation sites excluding steroid dienone is 2. The van der Waals surface area contributed by atoms with Crippen molar-refractivity contribution >= 4 is 0 Å². The maximum atomic E-state index is 9.56. The third-order valence-electron chi connectivity index (χ3n) is 3.36. The first kappa shape index (κ1) is 19.4. The van der Waals surface area contributed by atoms with Crippen molar-refractivity contribution in [3.63, 3.8) is 0 Å². The van der Waals surface area contributed by atoms with E-state index in [-0.39, 0.29) is 13.0 Å². The van der Waals surface area contributed by atoms with Crippen molar-refractivity contribution in [3.8, 4) is 0 Å². The summed E-state index contributed by atoms with van der Waals surface area (Å²) in [6, 6.07) is 0. The molecule has 20 heavy (non-hydrogen) atoms. The number of hydrogen-bond acceptors (Lipinski definition) is 3. The molecular formula is C17H32O3. The van der Waals surface area contributed by atoms with Gasteiger partial charge in [-0.25, -0.2) is 0 Å². The molecule has 3 heteroatoms. The van der Waals surface area contributed by atoms with Crippen molar-refractivity contribution in [2.75, 3.05) is 6.61 Å². The van der Waals surface area contributed by atoms with E-state index in [0.29, 0.717) is 6.42 Å². The molecule has 0 aliphatic rings. The van der Waals surface area contributed by atoms with Crippen LogP contribution in [0.4, 0.5) is 0 Å². The van der Waals surface area contributed by atoms with Gasteiger partial charge in [0.1, 0.15) is 0 Å². The third kappa shape index (κ3) is 13.8. The van der Waals surface area contributed by atoms with Crippen molar-refractivity contribution in [2.45, 2.75) is 76.4 Å². The van der Waals surface area contributed by atoms with Gasteiger partial charge in [0.15, 0.2) is 0 Å². The molecule has 0 rings (SSSR count). The van der Waals surface area contributed by atoms with Gasteiger partial charge in [0, 0.05) is 6.42 Å². The van der Waals surface area contributed by atoms with Crippen molar-refractivity contribution in [3.05, 3.63) is 24.8 Å². The molecule has 0 saturated carbocycles. The lowest BCUT2D eigenvalue weighted by Crippen LogP contribution is -2.20. The highest BCUT2D eigenvalue weighted by atomic mass is 16.3. The average Bonchev–Trinajstić information content (AvgIpc) is 2.44. The Morgan fingerprint density at radius 1 is 0.800 bits per heavy atom. The van der Waals surface area contributed by atoms with Gasteiger partial charge in [0.2, 0.25) is 0 Å². The summed E-state index contributed by atoms with van der Waals surface area (Å²) < 4.78 is 0. The normalized spacial score (nSPS) is 14.6. The fraction of sp³-hybridized carbons (Fsp3) is 0.765. The lowest BCUT2D eigenvalue weighted by atomic mass is 10.1. The fourth-order valence-corrected chi connectivity index (χ4v) is 2.11. The Bertz CT molecular complexity index is 238. The van der Waals surface area contributed by atoms with E-state index in [1.807, 2.05) is 12.2 Å². The number of aliphatic hydroxyl groups excluding tert-OH is 3. The zero-order valence-corrected chi connectivity index (χ0v) is 12.7. The maximum absolute atomic E-state index is 9.56. The largest absolute Gasteiger partial charge is 0.394 e. The van der Waals surface area contributed by atoms with Gasteiger partial charge in [0.25, 0.3) is 0 Å². The topological polar surface area (TPSA) is 60.7 Å². The quantitative estimate of drug-likeness (QED) is 0.339. The van der Waals surface area contributed by atoms with Crippen LogP contribution in [0.25, 0.3) is 0 Å². The van der Waals surface area contributed by atoms with Gasteiger partial charge >= 0.3 is 0 Å². The molecule has 0 bridgehead atoms. The van der Waals surface area contributed by atoms with Gasteiger partial charge < -0.3 is 15.3 Å². The summed E-state index contributed by atoms with van der Waals surface area (Å²) in [4.78, 5) is 0. The predicted octanol–water partition coefficient (Wildman–Crippen LogP) is 3.34. The van der Waals surface area contributed by atoms with E-state index in [1.165, 1.54) is 38.5 Å². The molecule has 0 spiro atoms. The molecule has 2 atom stereocenters. The van der Waals surface area contributed by atoms with Crippen LogP contribution in [0.3, 0.4) is 0 Å². The van der Waals surface area contributed by atoms with E-state index in [0.717, 1.165) is 12.8 Å². The SMILES string of the molecule is C=CCCCCCCCC/C=C/C[C@H](O)C[C@@H](O)CO. The monoisotopic (exact) mass is 284 g/mol. The molecule has 0 aromatic rings. The van der Waals surface area contributed by atoms with Crippen molar-refractivity contribution in [1.29, 1.82) is 0 Å². The van der Waals surface area contributed by atoms with Crippen LogP contribution in [0.15, 0.2) is 24.8 Å². The summed E-state index contributed by atoms with van der Waals surface area (Å²) in [5.74, 6) is 0. The minimum Gasteiger partial charge on any atom is -0.394 e. The van der Waals surface area contributed by atoms with Crippen LogP contribution in [0.5, 0.6) is 0 Å². The lowest BCUT2D eigenvalue weighted by molar-refractivity contribution is 0.0428. The lowest BCUT2D eigenvalue weighted by Gasteiger charge is -2.11. The van der Waals surface area contributed by atoms with Gasteiger partial charge in [-0.05, 0) is 32.1 Å². The van der Waals surface area contributed by atoms with Crippen LogP contribution in [0.2, 0.25) is 0 Å². The smallest absolute Gasteiger partial charge is 0.0795 e. The fourth-order valence-electron chi connectivity index (χ4n) is 2.11. The van der Waals surface area contributed by atoms with E-state index in [1.54, 1.807) is 0 Å². The molecule has 0 heterocycles. The first-order valence-electron chi connectivity index (χ1n) is 7.93. The van der Waals surface area contributed by atoms with Gasteiger partial charge in [-0.3, -0.25) is 0 Å². The molecule has 118 valence electrons. The molecular weight excluding hydrogens is 252 g/mol. The second kappa shape index (κ2) is 14.8. The highest BCUT2D eigenvalue weighted by molar-refractivity contribution is 4.84. The molecule has 0 radical (unpaired) electrons. The molecule has 0 aliphatic carbocycles. The van der Waals surface area contributed by atoms with E-state index in [9.17, 15) is 5.11 Å². The first-order valence-corrected chi connectivity index (χ1v) is 7.93. The van der Waals surface area contributed by atoms with E-state index in [2.05, 4.69) is 12.7 Å². The number of aliphatic hydroxyl groups is 3. The van der Waals surface area contributed by atoms with Crippen molar-refractivity contribution < 1.29 is 15.3 Å². The van der Waals surface area contributed by atoms with E-state index >= 15 is 0 Å². The molecule has 0 fully saturated rings. The van der Waals surface area contributed by atoms with Crippen LogP contribution in [-0.2, 0) is 0 Å². The Balaban J connectivity index is 3.29. The second-order valence-corrected chi connectivity index (χ2v) is 5.42. The summed E-state index contributed by atoms with van der Waals surface area (Å²) in [5.41, 5.74) is 0. The molecule has 0 amide bonds. The van der Waals surface area contributed by atoms with E-state index in [4.69, 9.17) is 10.2 Å². The number of hydrogen-bond donors (Lipinski definition) is 3. The molecule has 0 unspecified atom stereocenters. The van der Waals surface area contributed by atoms with Crippen molar-refractivity contribution in [2.24, 2.45) is 0 Å².